The van der Waals surface area contributed by atoms with Gasteiger partial charge in [-0.1, -0.05) is 0 Å². The molecule has 8 heteroatoms. The summed E-state index contributed by atoms with van der Waals surface area (Å²) in [5.74, 6) is -0.331. The molecule has 0 aliphatic rings. The van der Waals surface area contributed by atoms with Crippen molar-refractivity contribution in [2.45, 2.75) is 13.3 Å². The normalized spacial score (nSPS) is 10.7. The first-order valence-corrected chi connectivity index (χ1v) is 8.36. The number of halogens is 1. The number of rotatable bonds is 7. The number of aromatic nitrogens is 2. The minimum absolute atomic E-state index is 0.108. The molecular formula is C19H22FN5O2. The first-order chi connectivity index (χ1) is 12.8. The summed E-state index contributed by atoms with van der Waals surface area (Å²) >= 11 is 0. The van der Waals surface area contributed by atoms with Crippen LogP contribution in [0.5, 0.6) is 0 Å². The second kappa shape index (κ2) is 9.42. The van der Waals surface area contributed by atoms with Crippen LogP contribution in [0.4, 0.5) is 16.0 Å². The van der Waals surface area contributed by atoms with E-state index >= 15 is 0 Å². The van der Waals surface area contributed by atoms with Crippen LogP contribution < -0.4 is 15.5 Å². The third-order valence-corrected chi connectivity index (χ3v) is 3.58. The lowest BCUT2D eigenvalue weighted by Gasteiger charge is -2.08. The Bertz CT molecular complexity index is 834. The first-order valence-electron chi connectivity index (χ1n) is 8.36. The van der Waals surface area contributed by atoms with Gasteiger partial charge < -0.3 is 15.5 Å². The predicted molar refractivity (Wildman–Crippen MR) is 103 cm³/mol. The van der Waals surface area contributed by atoms with Crippen molar-refractivity contribution in [3.63, 3.8) is 0 Å². The van der Waals surface area contributed by atoms with E-state index in [1.165, 1.54) is 18.2 Å². The number of benzene rings is 1. The molecule has 0 saturated heterocycles. The maximum Gasteiger partial charge on any atom is 0.244 e. The van der Waals surface area contributed by atoms with E-state index in [2.05, 4.69) is 20.6 Å². The molecule has 0 bridgehead atoms. The van der Waals surface area contributed by atoms with Crippen LogP contribution in [0.25, 0.3) is 6.08 Å². The number of hydrogen-bond acceptors (Lipinski definition) is 5. The highest BCUT2D eigenvalue weighted by Gasteiger charge is 2.05. The third-order valence-electron chi connectivity index (χ3n) is 3.58. The van der Waals surface area contributed by atoms with Crippen molar-refractivity contribution in [1.82, 2.24) is 15.3 Å². The van der Waals surface area contributed by atoms with E-state index in [1.54, 1.807) is 36.4 Å². The highest BCUT2D eigenvalue weighted by molar-refractivity contribution is 5.93. The molecule has 0 aliphatic carbocycles. The van der Waals surface area contributed by atoms with Gasteiger partial charge in [-0.25, -0.2) is 14.4 Å². The zero-order chi connectivity index (χ0) is 19.8. The Kier molecular flexibility index (Phi) is 6.99. The highest BCUT2D eigenvalue weighted by atomic mass is 19.1. The van der Waals surface area contributed by atoms with Gasteiger partial charge in [-0.3, -0.25) is 9.59 Å². The molecule has 7 nitrogen and oxygen atoms in total. The number of hydrogen-bond donors (Lipinski definition) is 2. The van der Waals surface area contributed by atoms with Crippen LogP contribution in [-0.4, -0.2) is 42.4 Å². The lowest BCUT2D eigenvalue weighted by atomic mass is 10.2. The van der Waals surface area contributed by atoms with Gasteiger partial charge in [0.1, 0.15) is 5.82 Å². The fourth-order valence-corrected chi connectivity index (χ4v) is 2.12. The van der Waals surface area contributed by atoms with Crippen molar-refractivity contribution >= 4 is 29.5 Å². The summed E-state index contributed by atoms with van der Waals surface area (Å²) in [5.41, 5.74) is 1.67. The standard InChI is InChI=1S/C19H22FN5O2/c1-13-10-15(5-6-16(13)20)24-18(27)8-9-21-17(26)7-4-14-11-22-19(23-12-14)25(2)3/h4-7,10-12H,8-9H2,1-3H3,(H,21,26)(H,24,27). The lowest BCUT2D eigenvalue weighted by molar-refractivity contribution is -0.117. The molecule has 0 fully saturated rings. The Morgan fingerprint density at radius 3 is 2.56 bits per heavy atom. The molecule has 27 heavy (non-hydrogen) atoms. The molecule has 2 amide bonds. The molecule has 0 spiro atoms. The summed E-state index contributed by atoms with van der Waals surface area (Å²) in [7, 11) is 3.68. The molecule has 0 aliphatic heterocycles. The molecule has 0 atom stereocenters. The maximum absolute atomic E-state index is 13.2. The van der Waals surface area contributed by atoms with Crippen molar-refractivity contribution in [3.05, 3.63) is 53.6 Å². The van der Waals surface area contributed by atoms with E-state index in [-0.39, 0.29) is 30.6 Å². The molecule has 2 N–H and O–H groups in total. The van der Waals surface area contributed by atoms with Gasteiger partial charge in [-0.05, 0) is 36.8 Å². The van der Waals surface area contributed by atoms with Gasteiger partial charge in [0.15, 0.2) is 0 Å². The van der Waals surface area contributed by atoms with E-state index in [0.29, 0.717) is 22.8 Å². The predicted octanol–water partition coefficient (Wildman–Crippen LogP) is 2.15. The number of carbonyl (C=O) groups is 2. The van der Waals surface area contributed by atoms with Crippen molar-refractivity contribution in [2.24, 2.45) is 0 Å². The van der Waals surface area contributed by atoms with Gasteiger partial charge in [0.05, 0.1) is 0 Å². The smallest absolute Gasteiger partial charge is 0.244 e. The van der Waals surface area contributed by atoms with Crippen LogP contribution in [0.3, 0.4) is 0 Å². The Hall–Kier alpha value is -3.29. The van der Waals surface area contributed by atoms with Crippen molar-refractivity contribution < 1.29 is 14.0 Å². The van der Waals surface area contributed by atoms with Crippen LogP contribution >= 0.6 is 0 Å². The first kappa shape index (κ1) is 20.0. The van der Waals surface area contributed by atoms with Gasteiger partial charge in [-0.2, -0.15) is 0 Å². The molecule has 0 saturated carbocycles. The molecular weight excluding hydrogens is 349 g/mol. The topological polar surface area (TPSA) is 87.2 Å². The second-order valence-corrected chi connectivity index (χ2v) is 6.10. The molecule has 142 valence electrons. The Labute approximate surface area is 157 Å². The number of nitrogens with zero attached hydrogens (tertiary/aromatic N) is 3. The summed E-state index contributed by atoms with van der Waals surface area (Å²) in [6.07, 6.45) is 6.29. The minimum atomic E-state index is -0.325. The zero-order valence-corrected chi connectivity index (χ0v) is 15.5. The number of anilines is 2. The molecule has 1 heterocycles. The number of amides is 2. The number of nitrogens with one attached hydrogen (secondary N) is 2. The summed E-state index contributed by atoms with van der Waals surface area (Å²) in [5, 5.41) is 5.28. The summed E-state index contributed by atoms with van der Waals surface area (Å²) in [6, 6.07) is 4.34. The van der Waals surface area contributed by atoms with Crippen molar-refractivity contribution in [2.75, 3.05) is 30.9 Å². The van der Waals surface area contributed by atoms with Crippen LogP contribution in [0.15, 0.2) is 36.7 Å². The Morgan fingerprint density at radius 1 is 1.22 bits per heavy atom. The van der Waals surface area contributed by atoms with Crippen LogP contribution in [0.2, 0.25) is 0 Å². The average Bonchev–Trinajstić information content (AvgIpc) is 2.63. The van der Waals surface area contributed by atoms with E-state index in [0.717, 1.165) is 0 Å². The van der Waals surface area contributed by atoms with Gasteiger partial charge in [0.25, 0.3) is 0 Å². The Morgan fingerprint density at radius 2 is 1.93 bits per heavy atom. The summed E-state index contributed by atoms with van der Waals surface area (Å²) in [6.45, 7) is 1.81. The Balaban J connectivity index is 1.74. The number of aryl methyl sites for hydroxylation is 1. The SMILES string of the molecule is Cc1cc(NC(=O)CCNC(=O)C=Cc2cnc(N(C)C)nc2)ccc1F. The van der Waals surface area contributed by atoms with Gasteiger partial charge in [0.2, 0.25) is 17.8 Å². The molecule has 0 radical (unpaired) electrons. The molecule has 1 aromatic carbocycles. The lowest BCUT2D eigenvalue weighted by Crippen LogP contribution is -2.26. The highest BCUT2D eigenvalue weighted by Crippen LogP contribution is 2.13. The van der Waals surface area contributed by atoms with Gasteiger partial charge in [0, 0.05) is 56.8 Å². The van der Waals surface area contributed by atoms with Gasteiger partial charge in [-0.15, -0.1) is 0 Å². The van der Waals surface area contributed by atoms with E-state index in [1.807, 2.05) is 14.1 Å². The molecule has 0 unspecified atom stereocenters. The van der Waals surface area contributed by atoms with Crippen molar-refractivity contribution in [3.8, 4) is 0 Å². The molecule has 2 rings (SSSR count). The van der Waals surface area contributed by atoms with Crippen LogP contribution in [0.1, 0.15) is 17.5 Å². The quantitative estimate of drug-likeness (QED) is 0.728. The maximum atomic E-state index is 13.2. The van der Waals surface area contributed by atoms with Gasteiger partial charge >= 0.3 is 0 Å². The van der Waals surface area contributed by atoms with Crippen molar-refractivity contribution in [1.29, 1.82) is 0 Å². The molecule has 2 aromatic rings. The average molecular weight is 371 g/mol. The largest absolute Gasteiger partial charge is 0.352 e. The monoisotopic (exact) mass is 371 g/mol. The minimum Gasteiger partial charge on any atom is -0.352 e. The summed E-state index contributed by atoms with van der Waals surface area (Å²) in [4.78, 5) is 33.7. The van der Waals surface area contributed by atoms with E-state index in [4.69, 9.17) is 0 Å². The van der Waals surface area contributed by atoms with Crippen LogP contribution in [-0.2, 0) is 9.59 Å². The summed E-state index contributed by atoms with van der Waals surface area (Å²) < 4.78 is 13.2. The van der Waals surface area contributed by atoms with E-state index < -0.39 is 0 Å². The second-order valence-electron chi connectivity index (χ2n) is 6.10. The fourth-order valence-electron chi connectivity index (χ4n) is 2.12. The number of carbonyl (C=O) groups excluding carboxylic acids is 2. The van der Waals surface area contributed by atoms with E-state index in [9.17, 15) is 14.0 Å². The third kappa shape index (κ3) is 6.50. The zero-order valence-electron chi connectivity index (χ0n) is 15.5. The molecule has 1 aromatic heterocycles. The fraction of sp³-hybridized carbons (Fsp3) is 0.263. The van der Waals surface area contributed by atoms with Crippen LogP contribution in [0, 0.1) is 12.7 Å².